The van der Waals surface area contributed by atoms with Gasteiger partial charge >= 0.3 is 33.3 Å². The number of fused-ring (bicyclic) bond motifs is 3. The van der Waals surface area contributed by atoms with Gasteiger partial charge in [-0.1, -0.05) is 40.2 Å². The summed E-state index contributed by atoms with van der Waals surface area (Å²) >= 11 is 3.46. The number of carbonyl (C=O) groups is 2. The van der Waals surface area contributed by atoms with Crippen molar-refractivity contribution in [1.82, 2.24) is 9.80 Å². The van der Waals surface area contributed by atoms with Gasteiger partial charge < -0.3 is 37.4 Å². The van der Waals surface area contributed by atoms with Crippen LogP contribution in [0.2, 0.25) is 0 Å². The maximum atomic E-state index is 12.5. The molecular weight excluding hydrogens is 841 g/mol. The molecule has 0 radical (unpaired) electrons. The van der Waals surface area contributed by atoms with Crippen molar-refractivity contribution in [3.63, 3.8) is 0 Å². The van der Waals surface area contributed by atoms with E-state index in [0.29, 0.717) is 13.1 Å². The zero-order chi connectivity index (χ0) is 45.7. The number of nitrogens with zero attached hydrogens (tertiary/aromatic N) is 2. The average Bonchev–Trinajstić information content (AvgIpc) is 3.54. The van der Waals surface area contributed by atoms with Gasteiger partial charge in [-0.25, -0.2) is 9.59 Å². The molecular formula is C45H68B3BrN2O10. The SMILES string of the molecule is CC1(C)OB(B2OC3(C)CC3(C)O2)OC1(C)C.CC1c2ccc(B3OC(C)(C)C(C)(C)O3)cc2CN1C(=O)OC(C)(C)C.CC1c2ccc(Br)cc2CN1C(=O)OC(C)(C)C. The number of ether oxygens (including phenoxy) is 2. The summed E-state index contributed by atoms with van der Waals surface area (Å²) in [4.78, 5) is 28.2. The largest absolute Gasteiger partial charge is 0.494 e. The minimum Gasteiger partial charge on any atom is -0.444 e. The molecule has 334 valence electrons. The van der Waals surface area contributed by atoms with E-state index < -0.39 is 32.3 Å². The van der Waals surface area contributed by atoms with E-state index in [0.717, 1.165) is 27.5 Å². The van der Waals surface area contributed by atoms with Gasteiger partial charge in [0.25, 0.3) is 0 Å². The van der Waals surface area contributed by atoms with E-state index in [2.05, 4.69) is 54.0 Å². The van der Waals surface area contributed by atoms with Crippen molar-refractivity contribution in [2.24, 2.45) is 0 Å². The maximum Gasteiger partial charge on any atom is 0.494 e. The Hall–Kier alpha value is -2.59. The number of benzene rings is 2. The lowest BCUT2D eigenvalue weighted by Crippen LogP contribution is -2.43. The van der Waals surface area contributed by atoms with Crippen LogP contribution in [-0.4, -0.2) is 87.9 Å². The fourth-order valence-electron chi connectivity index (χ4n) is 8.06. The molecule has 0 N–H and O–H groups in total. The molecule has 6 aliphatic rings. The Morgan fingerprint density at radius 1 is 0.607 bits per heavy atom. The fraction of sp³-hybridized carbons (Fsp3) is 0.689. The Morgan fingerprint density at radius 3 is 1.41 bits per heavy atom. The Kier molecular flexibility index (Phi) is 12.4. The van der Waals surface area contributed by atoms with Gasteiger partial charge in [0.05, 0.1) is 52.2 Å². The van der Waals surface area contributed by atoms with Crippen LogP contribution in [0.3, 0.4) is 0 Å². The fourth-order valence-corrected chi connectivity index (χ4v) is 8.47. The first kappa shape index (κ1) is 47.9. The number of carbonyl (C=O) groups excluding carboxylic acids is 2. The van der Waals surface area contributed by atoms with E-state index in [9.17, 15) is 9.59 Å². The van der Waals surface area contributed by atoms with Crippen LogP contribution in [-0.2, 0) is 50.5 Å². The molecule has 5 aliphatic heterocycles. The molecule has 1 aliphatic carbocycles. The zero-order valence-electron chi connectivity index (χ0n) is 39.8. The Balaban J connectivity index is 0.000000158. The number of hydrogen-bond acceptors (Lipinski definition) is 10. The molecule has 3 saturated heterocycles. The molecule has 4 fully saturated rings. The molecule has 2 aromatic carbocycles. The highest BCUT2D eigenvalue weighted by molar-refractivity contribution is 9.10. The maximum absolute atomic E-state index is 12.5. The summed E-state index contributed by atoms with van der Waals surface area (Å²) < 4.78 is 48.0. The molecule has 16 heteroatoms. The minimum atomic E-state index is -0.501. The van der Waals surface area contributed by atoms with Crippen LogP contribution in [0, 0.1) is 0 Å². The number of halogens is 1. The van der Waals surface area contributed by atoms with E-state index in [1.54, 1.807) is 9.80 Å². The Morgan fingerprint density at radius 2 is 0.984 bits per heavy atom. The van der Waals surface area contributed by atoms with Crippen LogP contribution < -0.4 is 5.46 Å². The number of rotatable bonds is 2. The number of amides is 2. The van der Waals surface area contributed by atoms with Gasteiger partial charge in [-0.2, -0.15) is 0 Å². The number of hydrogen-bond donors (Lipinski definition) is 0. The smallest absolute Gasteiger partial charge is 0.444 e. The van der Waals surface area contributed by atoms with Gasteiger partial charge in [0.1, 0.15) is 11.2 Å². The molecule has 2 amide bonds. The third-order valence-corrected chi connectivity index (χ3v) is 14.0. The Bertz CT molecular complexity index is 1970. The van der Waals surface area contributed by atoms with Crippen molar-refractivity contribution < 1.29 is 47.0 Å². The third kappa shape index (κ3) is 9.76. The van der Waals surface area contributed by atoms with E-state index >= 15 is 0 Å². The second kappa shape index (κ2) is 15.8. The molecule has 12 nitrogen and oxygen atoms in total. The average molecular weight is 909 g/mol. The third-order valence-electron chi connectivity index (χ3n) is 13.5. The summed E-state index contributed by atoms with van der Waals surface area (Å²) in [6.07, 6.45) is 0.427. The van der Waals surface area contributed by atoms with Crippen LogP contribution in [0.25, 0.3) is 0 Å². The first-order valence-corrected chi connectivity index (χ1v) is 22.4. The van der Waals surface area contributed by atoms with Crippen LogP contribution >= 0.6 is 15.9 Å². The molecule has 4 atom stereocenters. The van der Waals surface area contributed by atoms with E-state index in [1.165, 1.54) is 11.1 Å². The minimum absolute atomic E-state index is 0.00723. The van der Waals surface area contributed by atoms with Crippen molar-refractivity contribution >= 4 is 54.7 Å². The second-order valence-electron chi connectivity index (χ2n) is 21.8. The molecule has 8 rings (SSSR count). The highest BCUT2D eigenvalue weighted by atomic mass is 79.9. The first-order chi connectivity index (χ1) is 27.7. The summed E-state index contributed by atoms with van der Waals surface area (Å²) in [6.45, 7) is 37.0. The molecule has 4 unspecified atom stereocenters. The summed E-state index contributed by atoms with van der Waals surface area (Å²) in [6, 6.07) is 12.4. The van der Waals surface area contributed by atoms with Crippen LogP contribution in [0.5, 0.6) is 0 Å². The molecule has 0 bridgehead atoms. The lowest BCUT2D eigenvalue weighted by atomic mass is 9.49. The van der Waals surface area contributed by atoms with Gasteiger partial charge in [-0.3, -0.25) is 9.80 Å². The van der Waals surface area contributed by atoms with E-state index in [1.807, 2.05) is 123 Å². The van der Waals surface area contributed by atoms with Gasteiger partial charge in [0.15, 0.2) is 0 Å². The predicted octanol–water partition coefficient (Wildman–Crippen LogP) is 9.67. The van der Waals surface area contributed by atoms with Crippen molar-refractivity contribution in [2.45, 2.75) is 201 Å². The second-order valence-corrected chi connectivity index (χ2v) is 22.7. The van der Waals surface area contributed by atoms with Crippen LogP contribution in [0.4, 0.5) is 9.59 Å². The highest BCUT2D eigenvalue weighted by Crippen LogP contribution is 2.59. The molecule has 2 aromatic rings. The first-order valence-electron chi connectivity index (χ1n) is 21.6. The molecule has 1 saturated carbocycles. The summed E-state index contributed by atoms with van der Waals surface area (Å²) in [5.74, 6) is 0. The van der Waals surface area contributed by atoms with E-state index in [4.69, 9.17) is 37.4 Å². The van der Waals surface area contributed by atoms with Gasteiger partial charge in [0.2, 0.25) is 0 Å². The lowest BCUT2D eigenvalue weighted by Gasteiger charge is -2.32. The van der Waals surface area contributed by atoms with Crippen molar-refractivity contribution in [3.05, 3.63) is 63.1 Å². The molecule has 0 spiro atoms. The van der Waals surface area contributed by atoms with Crippen molar-refractivity contribution in [2.75, 3.05) is 0 Å². The van der Waals surface area contributed by atoms with Crippen molar-refractivity contribution in [1.29, 1.82) is 0 Å². The van der Waals surface area contributed by atoms with E-state index in [-0.39, 0.29) is 57.9 Å². The molecule has 5 heterocycles. The lowest BCUT2D eigenvalue weighted by molar-refractivity contribution is 0.00578. The summed E-state index contributed by atoms with van der Waals surface area (Å²) in [7, 11) is -1.22. The van der Waals surface area contributed by atoms with Gasteiger partial charge in [0, 0.05) is 17.4 Å². The molecule has 61 heavy (non-hydrogen) atoms. The monoisotopic (exact) mass is 908 g/mol. The quantitative estimate of drug-likeness (QED) is 0.270. The molecule has 0 aromatic heterocycles. The zero-order valence-corrected chi connectivity index (χ0v) is 41.4. The van der Waals surface area contributed by atoms with Crippen LogP contribution in [0.15, 0.2) is 40.9 Å². The highest BCUT2D eigenvalue weighted by Gasteiger charge is 2.75. The van der Waals surface area contributed by atoms with Gasteiger partial charge in [-0.15, -0.1) is 0 Å². The topological polar surface area (TPSA) is 114 Å². The van der Waals surface area contributed by atoms with Crippen molar-refractivity contribution in [3.8, 4) is 0 Å². The predicted molar refractivity (Wildman–Crippen MR) is 242 cm³/mol. The standard InChI is InChI=1S/C20H30BNO4.C14H18BrNO2.C11H20B2O4/c1-13-16-10-9-15(21-25-19(5,6)20(7,8)26-21)11-14(16)12-22(13)17(23)24-18(2,3)4;1-9-12-6-5-11(15)7-10(12)8-16(9)13(17)18-14(2,3)4;1-8(2)9(3,4)15-12(14-8)13-16-10(5)7-11(10,6)17-13/h9-11,13H,12H2,1-8H3;5-7,9H,8H2,1-4H3;7H2,1-6H3. The summed E-state index contributed by atoms with van der Waals surface area (Å²) in [5, 5.41) is 0. The summed E-state index contributed by atoms with van der Waals surface area (Å²) in [5.41, 5.74) is 2.98. The Labute approximate surface area is 374 Å². The normalized spacial score (nSPS) is 28.6. The van der Waals surface area contributed by atoms with Crippen LogP contribution in [0.1, 0.15) is 165 Å². The van der Waals surface area contributed by atoms with Gasteiger partial charge in [-0.05, 0) is 164 Å².